The number of carbonyl (C=O) groups is 1. The van der Waals surface area contributed by atoms with E-state index in [0.717, 1.165) is 12.0 Å². The van der Waals surface area contributed by atoms with Crippen molar-refractivity contribution in [3.63, 3.8) is 0 Å². The summed E-state index contributed by atoms with van der Waals surface area (Å²) in [6, 6.07) is 12.1. The number of carbonyl (C=O) groups excluding carboxylic acids is 1. The number of hydrogen-bond acceptors (Lipinski definition) is 3. The molecule has 0 fully saturated rings. The summed E-state index contributed by atoms with van der Waals surface area (Å²) in [5, 5.41) is 0.244. The van der Waals surface area contributed by atoms with Crippen LogP contribution in [0.3, 0.4) is 0 Å². The van der Waals surface area contributed by atoms with E-state index in [0.29, 0.717) is 13.1 Å². The minimum absolute atomic E-state index is 0.0233. The van der Waals surface area contributed by atoms with Gasteiger partial charge in [0.15, 0.2) is 0 Å². The van der Waals surface area contributed by atoms with Crippen molar-refractivity contribution in [3.05, 3.63) is 64.2 Å². The lowest BCUT2D eigenvalue weighted by Crippen LogP contribution is -2.36. The molecule has 0 spiro atoms. The van der Waals surface area contributed by atoms with Crippen LogP contribution >= 0.6 is 11.6 Å². The third-order valence-corrected chi connectivity index (χ3v) is 5.91. The van der Waals surface area contributed by atoms with E-state index >= 15 is 0 Å². The van der Waals surface area contributed by atoms with E-state index in [2.05, 4.69) is 10.8 Å². The standard InChI is InChI=1S/C17H17ClN2O3S/c1-19-24(22,23)14-6-7-16(18)15(10-14)17(21)20-9-8-12-4-2-3-5-13(12)11-20/h2-7,10,19H,8-9,11H2,1H3. The number of halogens is 1. The van der Waals surface area contributed by atoms with E-state index in [1.165, 1.54) is 30.8 Å². The molecule has 2 aromatic rings. The van der Waals surface area contributed by atoms with Crippen LogP contribution in [0.25, 0.3) is 0 Å². The van der Waals surface area contributed by atoms with Crippen LogP contribution < -0.4 is 4.72 Å². The van der Waals surface area contributed by atoms with Crippen LogP contribution in [0, 0.1) is 0 Å². The van der Waals surface area contributed by atoms with Crippen LogP contribution in [0.1, 0.15) is 21.5 Å². The maximum atomic E-state index is 12.8. The number of hydrogen-bond donors (Lipinski definition) is 1. The van der Waals surface area contributed by atoms with Crippen LogP contribution in [0.5, 0.6) is 0 Å². The third kappa shape index (κ3) is 3.17. The molecule has 3 rings (SSSR count). The summed E-state index contributed by atoms with van der Waals surface area (Å²) in [6.45, 7) is 1.07. The SMILES string of the molecule is CNS(=O)(=O)c1ccc(Cl)c(C(=O)N2CCc3ccccc3C2)c1. The molecule has 0 aromatic heterocycles. The summed E-state index contributed by atoms with van der Waals surface area (Å²) >= 11 is 6.14. The minimum atomic E-state index is -3.63. The molecule has 1 N–H and O–H groups in total. The van der Waals surface area contributed by atoms with Gasteiger partial charge in [0.1, 0.15) is 0 Å². The van der Waals surface area contributed by atoms with E-state index < -0.39 is 10.0 Å². The summed E-state index contributed by atoms with van der Waals surface area (Å²) in [7, 11) is -2.30. The molecule has 7 heteroatoms. The highest BCUT2D eigenvalue weighted by atomic mass is 35.5. The molecular weight excluding hydrogens is 348 g/mol. The van der Waals surface area contributed by atoms with Gasteiger partial charge >= 0.3 is 0 Å². The van der Waals surface area contributed by atoms with Gasteiger partial charge in [-0.15, -0.1) is 0 Å². The predicted octanol–water partition coefficient (Wildman–Crippen LogP) is 2.45. The quantitative estimate of drug-likeness (QED) is 0.909. The third-order valence-electron chi connectivity index (χ3n) is 4.17. The van der Waals surface area contributed by atoms with Gasteiger partial charge in [-0.1, -0.05) is 35.9 Å². The summed E-state index contributed by atoms with van der Waals surface area (Å²) in [5.74, 6) is -0.261. The smallest absolute Gasteiger partial charge is 0.255 e. The van der Waals surface area contributed by atoms with Crippen molar-refractivity contribution < 1.29 is 13.2 Å². The van der Waals surface area contributed by atoms with Crippen LogP contribution in [-0.2, 0) is 23.0 Å². The summed E-state index contributed by atoms with van der Waals surface area (Å²) in [4.78, 5) is 14.5. The Morgan fingerprint density at radius 1 is 1.17 bits per heavy atom. The zero-order valence-electron chi connectivity index (χ0n) is 13.1. The minimum Gasteiger partial charge on any atom is -0.334 e. The van der Waals surface area contributed by atoms with Crippen molar-refractivity contribution >= 4 is 27.5 Å². The topological polar surface area (TPSA) is 66.5 Å². The molecule has 5 nitrogen and oxygen atoms in total. The molecule has 1 aliphatic heterocycles. The van der Waals surface area contributed by atoms with E-state index in [9.17, 15) is 13.2 Å². The second-order valence-electron chi connectivity index (χ2n) is 5.59. The van der Waals surface area contributed by atoms with Crippen molar-refractivity contribution in [2.24, 2.45) is 0 Å². The Balaban J connectivity index is 1.92. The molecule has 0 aliphatic carbocycles. The summed E-state index contributed by atoms with van der Waals surface area (Å²) in [6.07, 6.45) is 0.772. The maximum Gasteiger partial charge on any atom is 0.255 e. The van der Waals surface area contributed by atoms with Crippen molar-refractivity contribution in [1.82, 2.24) is 9.62 Å². The average Bonchev–Trinajstić information content (AvgIpc) is 2.61. The lowest BCUT2D eigenvalue weighted by atomic mass is 9.99. The Bertz CT molecular complexity index is 896. The van der Waals surface area contributed by atoms with E-state index in [4.69, 9.17) is 11.6 Å². The second-order valence-corrected chi connectivity index (χ2v) is 7.89. The molecule has 0 bridgehead atoms. The van der Waals surface area contributed by atoms with Gasteiger partial charge in [-0.25, -0.2) is 13.1 Å². The zero-order valence-corrected chi connectivity index (χ0v) is 14.7. The molecule has 1 heterocycles. The van der Waals surface area contributed by atoms with Crippen molar-refractivity contribution in [3.8, 4) is 0 Å². The van der Waals surface area contributed by atoms with Crippen molar-refractivity contribution in [2.45, 2.75) is 17.9 Å². The molecule has 0 unspecified atom stereocenters. The Hall–Kier alpha value is -1.89. The molecule has 0 radical (unpaired) electrons. The summed E-state index contributed by atoms with van der Waals surface area (Å²) < 4.78 is 26.1. The number of fused-ring (bicyclic) bond motifs is 1. The number of rotatable bonds is 3. The fraction of sp³-hybridized carbons (Fsp3) is 0.235. The Morgan fingerprint density at radius 2 is 1.88 bits per heavy atom. The molecule has 2 aromatic carbocycles. The number of benzene rings is 2. The molecule has 1 aliphatic rings. The van der Waals surface area contributed by atoms with Crippen LogP contribution in [0.2, 0.25) is 5.02 Å². The Morgan fingerprint density at radius 3 is 2.58 bits per heavy atom. The van der Waals surface area contributed by atoms with Crippen LogP contribution in [-0.4, -0.2) is 32.8 Å². The lowest BCUT2D eigenvalue weighted by Gasteiger charge is -2.29. The second kappa shape index (κ2) is 6.55. The Kier molecular flexibility index (Phi) is 4.62. The molecule has 0 saturated carbocycles. The first kappa shape index (κ1) is 17.0. The van der Waals surface area contributed by atoms with Gasteiger partial charge in [0.2, 0.25) is 10.0 Å². The zero-order chi connectivity index (χ0) is 17.3. The number of nitrogens with one attached hydrogen (secondary N) is 1. The molecule has 1 amide bonds. The van der Waals surface area contributed by atoms with E-state index in [-0.39, 0.29) is 21.4 Å². The highest BCUT2D eigenvalue weighted by Gasteiger charge is 2.24. The molecule has 126 valence electrons. The predicted molar refractivity (Wildman–Crippen MR) is 92.6 cm³/mol. The van der Waals surface area contributed by atoms with Gasteiger partial charge in [-0.05, 0) is 42.8 Å². The monoisotopic (exact) mass is 364 g/mol. The number of sulfonamides is 1. The highest BCUT2D eigenvalue weighted by Crippen LogP contribution is 2.25. The first-order valence-corrected chi connectivity index (χ1v) is 9.37. The average molecular weight is 365 g/mol. The van der Waals surface area contributed by atoms with Gasteiger partial charge in [0.25, 0.3) is 5.91 Å². The normalized spacial score (nSPS) is 14.3. The number of nitrogens with zero attached hydrogens (tertiary/aromatic N) is 1. The van der Waals surface area contributed by atoms with Gasteiger partial charge in [0, 0.05) is 13.1 Å². The van der Waals surface area contributed by atoms with Crippen LogP contribution in [0.15, 0.2) is 47.4 Å². The van der Waals surface area contributed by atoms with Gasteiger partial charge in [-0.3, -0.25) is 4.79 Å². The molecule has 0 atom stereocenters. The molecule has 0 saturated heterocycles. The maximum absolute atomic E-state index is 12.8. The van der Waals surface area contributed by atoms with E-state index in [1.54, 1.807) is 4.90 Å². The highest BCUT2D eigenvalue weighted by molar-refractivity contribution is 7.89. The van der Waals surface area contributed by atoms with Crippen LogP contribution in [0.4, 0.5) is 0 Å². The first-order valence-electron chi connectivity index (χ1n) is 7.51. The van der Waals surface area contributed by atoms with Crippen molar-refractivity contribution in [1.29, 1.82) is 0 Å². The van der Waals surface area contributed by atoms with Crippen molar-refractivity contribution in [2.75, 3.05) is 13.6 Å². The first-order chi connectivity index (χ1) is 11.4. The Labute approximate surface area is 146 Å². The van der Waals surface area contributed by atoms with E-state index in [1.807, 2.05) is 18.2 Å². The van der Waals surface area contributed by atoms with Gasteiger partial charge in [0.05, 0.1) is 15.5 Å². The van der Waals surface area contributed by atoms with Gasteiger partial charge < -0.3 is 4.90 Å². The fourth-order valence-corrected chi connectivity index (χ4v) is 3.75. The largest absolute Gasteiger partial charge is 0.334 e. The molecule has 24 heavy (non-hydrogen) atoms. The summed E-state index contributed by atoms with van der Waals surface area (Å²) in [5.41, 5.74) is 2.54. The number of amides is 1. The fourth-order valence-electron chi connectivity index (χ4n) is 2.79. The molecular formula is C17H17ClN2O3S. The van der Waals surface area contributed by atoms with Gasteiger partial charge in [-0.2, -0.15) is 0 Å². The lowest BCUT2D eigenvalue weighted by molar-refractivity contribution is 0.0734.